The first-order chi connectivity index (χ1) is 9.61. The van der Waals surface area contributed by atoms with Crippen LogP contribution in [0.25, 0.3) is 0 Å². The van der Waals surface area contributed by atoms with Gasteiger partial charge in [-0.1, -0.05) is 12.1 Å². The highest BCUT2D eigenvalue weighted by Gasteiger charge is 2.15. The van der Waals surface area contributed by atoms with Gasteiger partial charge in [-0.2, -0.15) is 0 Å². The molecule has 0 fully saturated rings. The minimum Gasteiger partial charge on any atom is -0.462 e. The molecule has 7 nitrogen and oxygen atoms in total. The second-order valence-electron chi connectivity index (χ2n) is 3.89. The maximum Gasteiger partial charge on any atom is 0.340 e. The third-order valence-corrected chi connectivity index (χ3v) is 2.51. The maximum atomic E-state index is 11.9. The van der Waals surface area contributed by atoms with Crippen molar-refractivity contribution in [3.63, 3.8) is 0 Å². The molecule has 0 aliphatic rings. The number of rotatable bonds is 4. The van der Waals surface area contributed by atoms with Crippen LogP contribution in [0, 0.1) is 0 Å². The summed E-state index contributed by atoms with van der Waals surface area (Å²) >= 11 is 0. The standard InChI is InChI=1S/C13H13N3O4/c1-2-20-13(19)8-5-3-4-6-9(8)14-12(18)10-7-11(17)16-15-10/h3-7H,2H2,1H3,(H,14,18)(H2,15,16,17). The van der Waals surface area contributed by atoms with E-state index in [-0.39, 0.29) is 17.9 Å². The van der Waals surface area contributed by atoms with Gasteiger partial charge in [0.15, 0.2) is 0 Å². The van der Waals surface area contributed by atoms with E-state index in [0.29, 0.717) is 5.69 Å². The van der Waals surface area contributed by atoms with Gasteiger partial charge in [0.1, 0.15) is 5.69 Å². The van der Waals surface area contributed by atoms with Gasteiger partial charge in [0, 0.05) is 6.07 Å². The zero-order valence-electron chi connectivity index (χ0n) is 10.7. The molecule has 0 bridgehead atoms. The Bertz CT molecular complexity index is 687. The molecule has 7 heteroatoms. The summed E-state index contributed by atoms with van der Waals surface area (Å²) in [5.41, 5.74) is 0.237. The third kappa shape index (κ3) is 2.94. The summed E-state index contributed by atoms with van der Waals surface area (Å²) < 4.78 is 4.91. The second kappa shape index (κ2) is 5.87. The van der Waals surface area contributed by atoms with Crippen molar-refractivity contribution in [3.8, 4) is 0 Å². The van der Waals surface area contributed by atoms with Gasteiger partial charge < -0.3 is 10.1 Å². The van der Waals surface area contributed by atoms with Gasteiger partial charge in [-0.15, -0.1) is 0 Å². The number of aromatic nitrogens is 2. The van der Waals surface area contributed by atoms with Crippen LogP contribution >= 0.6 is 0 Å². The highest BCUT2D eigenvalue weighted by molar-refractivity contribution is 6.06. The third-order valence-electron chi connectivity index (χ3n) is 2.51. The number of benzene rings is 1. The van der Waals surface area contributed by atoms with E-state index in [1.807, 2.05) is 0 Å². The molecule has 1 aromatic carbocycles. The van der Waals surface area contributed by atoms with Crippen molar-refractivity contribution in [2.45, 2.75) is 6.92 Å². The van der Waals surface area contributed by atoms with Gasteiger partial charge in [-0.3, -0.25) is 19.8 Å². The summed E-state index contributed by atoms with van der Waals surface area (Å²) in [4.78, 5) is 34.6. The van der Waals surface area contributed by atoms with Crippen molar-refractivity contribution in [2.24, 2.45) is 0 Å². The maximum absolute atomic E-state index is 11.9. The van der Waals surface area contributed by atoms with E-state index in [2.05, 4.69) is 15.5 Å². The molecule has 0 radical (unpaired) electrons. The number of carbonyl (C=O) groups excluding carboxylic acids is 2. The van der Waals surface area contributed by atoms with Gasteiger partial charge in [-0.05, 0) is 19.1 Å². The lowest BCUT2D eigenvalue weighted by Crippen LogP contribution is -2.16. The van der Waals surface area contributed by atoms with Crippen LogP contribution in [0.2, 0.25) is 0 Å². The summed E-state index contributed by atoms with van der Waals surface area (Å²) in [6.45, 7) is 1.94. The summed E-state index contributed by atoms with van der Waals surface area (Å²) in [6.07, 6.45) is 0. The van der Waals surface area contributed by atoms with Crippen molar-refractivity contribution >= 4 is 17.6 Å². The minimum absolute atomic E-state index is 0.0775. The minimum atomic E-state index is -0.528. The van der Waals surface area contributed by atoms with Crippen LogP contribution in [-0.2, 0) is 4.74 Å². The van der Waals surface area contributed by atoms with Crippen molar-refractivity contribution in [2.75, 3.05) is 11.9 Å². The van der Waals surface area contributed by atoms with E-state index in [1.54, 1.807) is 31.2 Å². The zero-order chi connectivity index (χ0) is 14.5. The lowest BCUT2D eigenvalue weighted by atomic mass is 10.1. The first-order valence-electron chi connectivity index (χ1n) is 5.97. The number of carbonyl (C=O) groups is 2. The summed E-state index contributed by atoms with van der Waals surface area (Å²) in [5, 5.41) is 7.24. The van der Waals surface area contributed by atoms with Gasteiger partial charge in [0.2, 0.25) is 0 Å². The normalized spacial score (nSPS) is 10.1. The van der Waals surface area contributed by atoms with Crippen molar-refractivity contribution in [1.82, 2.24) is 10.2 Å². The average Bonchev–Trinajstić information content (AvgIpc) is 2.86. The predicted molar refractivity (Wildman–Crippen MR) is 71.8 cm³/mol. The fourth-order valence-corrected chi connectivity index (χ4v) is 1.62. The molecule has 0 unspecified atom stereocenters. The molecule has 20 heavy (non-hydrogen) atoms. The number of nitrogens with one attached hydrogen (secondary N) is 3. The Morgan fingerprint density at radius 2 is 2.00 bits per heavy atom. The molecule has 0 atom stereocenters. The molecule has 0 aliphatic heterocycles. The van der Waals surface area contributed by atoms with Crippen LogP contribution in [0.5, 0.6) is 0 Å². The Morgan fingerprint density at radius 1 is 1.25 bits per heavy atom. The quantitative estimate of drug-likeness (QED) is 0.727. The number of anilines is 1. The Morgan fingerprint density at radius 3 is 2.65 bits per heavy atom. The van der Waals surface area contributed by atoms with Crippen LogP contribution < -0.4 is 10.9 Å². The number of amides is 1. The van der Waals surface area contributed by atoms with E-state index < -0.39 is 17.4 Å². The van der Waals surface area contributed by atoms with E-state index in [1.165, 1.54) is 0 Å². The second-order valence-corrected chi connectivity index (χ2v) is 3.89. The molecule has 1 amide bonds. The largest absolute Gasteiger partial charge is 0.462 e. The number of esters is 1. The number of aromatic amines is 2. The smallest absolute Gasteiger partial charge is 0.340 e. The monoisotopic (exact) mass is 275 g/mol. The number of hydrogen-bond donors (Lipinski definition) is 3. The first kappa shape index (κ1) is 13.6. The van der Waals surface area contributed by atoms with Crippen molar-refractivity contribution < 1.29 is 14.3 Å². The molecule has 2 aromatic rings. The molecular weight excluding hydrogens is 262 g/mol. The molecule has 0 spiro atoms. The van der Waals surface area contributed by atoms with Gasteiger partial charge in [0.25, 0.3) is 11.5 Å². The van der Waals surface area contributed by atoms with E-state index in [0.717, 1.165) is 6.07 Å². The van der Waals surface area contributed by atoms with Crippen LogP contribution in [0.15, 0.2) is 35.1 Å². The van der Waals surface area contributed by atoms with E-state index in [4.69, 9.17) is 4.74 Å². The number of ether oxygens (including phenoxy) is 1. The number of H-pyrrole nitrogens is 2. The molecule has 104 valence electrons. The summed E-state index contributed by atoms with van der Waals surface area (Å²) in [6, 6.07) is 7.60. The number of para-hydroxylation sites is 1. The molecule has 3 N–H and O–H groups in total. The average molecular weight is 275 g/mol. The van der Waals surface area contributed by atoms with Crippen LogP contribution in [0.4, 0.5) is 5.69 Å². The molecule has 2 rings (SSSR count). The van der Waals surface area contributed by atoms with Crippen molar-refractivity contribution in [1.29, 1.82) is 0 Å². The number of hydrogen-bond acceptors (Lipinski definition) is 4. The SMILES string of the molecule is CCOC(=O)c1ccccc1NC(=O)c1cc(=O)[nH][nH]1. The lowest BCUT2D eigenvalue weighted by molar-refractivity contribution is 0.0527. The Kier molecular flexibility index (Phi) is 3.99. The predicted octanol–water partition coefficient (Wildman–Crippen LogP) is 1.13. The molecular formula is C13H13N3O4. The van der Waals surface area contributed by atoms with Crippen LogP contribution in [0.3, 0.4) is 0 Å². The van der Waals surface area contributed by atoms with Crippen molar-refractivity contribution in [3.05, 3.63) is 51.9 Å². The lowest BCUT2D eigenvalue weighted by Gasteiger charge is -2.09. The van der Waals surface area contributed by atoms with Crippen LogP contribution in [-0.4, -0.2) is 28.7 Å². The summed E-state index contributed by atoms with van der Waals surface area (Å²) in [5.74, 6) is -1.05. The zero-order valence-corrected chi connectivity index (χ0v) is 10.7. The fourth-order valence-electron chi connectivity index (χ4n) is 1.62. The summed E-state index contributed by atoms with van der Waals surface area (Å²) in [7, 11) is 0. The van der Waals surface area contributed by atoms with Crippen LogP contribution in [0.1, 0.15) is 27.8 Å². The fraction of sp³-hybridized carbons (Fsp3) is 0.154. The van der Waals surface area contributed by atoms with Gasteiger partial charge in [0.05, 0.1) is 17.9 Å². The van der Waals surface area contributed by atoms with Gasteiger partial charge >= 0.3 is 5.97 Å². The topological polar surface area (TPSA) is 104 Å². The van der Waals surface area contributed by atoms with E-state index >= 15 is 0 Å². The van der Waals surface area contributed by atoms with Gasteiger partial charge in [-0.25, -0.2) is 4.79 Å². The molecule has 0 aliphatic carbocycles. The Balaban J connectivity index is 2.23. The first-order valence-corrected chi connectivity index (χ1v) is 5.97. The Labute approximate surface area is 113 Å². The molecule has 1 aromatic heterocycles. The molecule has 0 saturated carbocycles. The highest BCUT2D eigenvalue weighted by atomic mass is 16.5. The molecule has 0 saturated heterocycles. The highest BCUT2D eigenvalue weighted by Crippen LogP contribution is 2.16. The van der Waals surface area contributed by atoms with E-state index in [9.17, 15) is 14.4 Å². The Hall–Kier alpha value is -2.83. The molecule has 1 heterocycles.